The summed E-state index contributed by atoms with van der Waals surface area (Å²) in [5.41, 5.74) is 0. The van der Waals surface area contributed by atoms with Crippen LogP contribution in [0.5, 0.6) is 5.75 Å². The fourth-order valence-corrected chi connectivity index (χ4v) is 2.61. The summed E-state index contributed by atoms with van der Waals surface area (Å²) in [6, 6.07) is 7.23. The number of hydrogen-bond donors (Lipinski definition) is 0. The topological polar surface area (TPSA) is 29.5 Å². The molecule has 1 aliphatic rings. The number of benzene rings is 1. The third kappa shape index (κ3) is 3.63. The maximum Gasteiger partial charge on any atom is 0.263 e. The Kier molecular flexibility index (Phi) is 4.70. The molecule has 1 aromatic carbocycles. The van der Waals surface area contributed by atoms with Crippen molar-refractivity contribution < 1.29 is 9.53 Å². The van der Waals surface area contributed by atoms with Crippen LogP contribution in [0.15, 0.2) is 24.3 Å². The van der Waals surface area contributed by atoms with Crippen molar-refractivity contribution in [3.05, 3.63) is 29.3 Å². The number of piperidine rings is 1. The van der Waals surface area contributed by atoms with Crippen LogP contribution in [0.2, 0.25) is 5.02 Å². The molecule has 1 aliphatic heterocycles. The molecule has 3 nitrogen and oxygen atoms in total. The van der Waals surface area contributed by atoms with Crippen LogP contribution in [0.1, 0.15) is 26.7 Å². The molecule has 1 saturated heterocycles. The van der Waals surface area contributed by atoms with Gasteiger partial charge >= 0.3 is 0 Å². The van der Waals surface area contributed by atoms with Crippen LogP contribution in [0.4, 0.5) is 0 Å². The van der Waals surface area contributed by atoms with Gasteiger partial charge in [-0.1, -0.05) is 30.7 Å². The lowest BCUT2D eigenvalue weighted by Crippen LogP contribution is -2.45. The zero-order valence-corrected chi connectivity index (χ0v) is 12.2. The first-order valence-corrected chi connectivity index (χ1v) is 7.15. The first-order valence-electron chi connectivity index (χ1n) is 6.78. The molecule has 0 bridgehead atoms. The average molecular weight is 282 g/mol. The Morgan fingerprint density at radius 1 is 1.47 bits per heavy atom. The van der Waals surface area contributed by atoms with Gasteiger partial charge in [0.1, 0.15) is 5.75 Å². The van der Waals surface area contributed by atoms with Crippen LogP contribution in [-0.2, 0) is 4.79 Å². The second-order valence-corrected chi connectivity index (χ2v) is 5.63. The number of ether oxygens (including phenoxy) is 1. The molecule has 0 spiro atoms. The number of likely N-dealkylation sites (tertiary alicyclic amines) is 1. The van der Waals surface area contributed by atoms with E-state index in [1.54, 1.807) is 19.1 Å². The third-order valence-corrected chi connectivity index (χ3v) is 3.77. The summed E-state index contributed by atoms with van der Waals surface area (Å²) in [7, 11) is 0. The molecule has 1 amide bonds. The van der Waals surface area contributed by atoms with E-state index in [0.717, 1.165) is 19.5 Å². The summed E-state index contributed by atoms with van der Waals surface area (Å²) < 4.78 is 5.67. The van der Waals surface area contributed by atoms with Gasteiger partial charge in [0.15, 0.2) is 6.10 Å². The van der Waals surface area contributed by atoms with Gasteiger partial charge in [-0.3, -0.25) is 4.79 Å². The minimum atomic E-state index is -0.495. The smallest absolute Gasteiger partial charge is 0.263 e. The molecule has 0 aromatic heterocycles. The summed E-state index contributed by atoms with van der Waals surface area (Å²) in [4.78, 5) is 14.2. The van der Waals surface area contributed by atoms with Gasteiger partial charge in [0.25, 0.3) is 5.91 Å². The maximum atomic E-state index is 12.3. The Hall–Kier alpha value is -1.22. The van der Waals surface area contributed by atoms with E-state index in [0.29, 0.717) is 16.7 Å². The third-order valence-electron chi connectivity index (χ3n) is 3.46. The molecule has 0 saturated carbocycles. The molecule has 1 fully saturated rings. The molecule has 2 rings (SSSR count). The lowest BCUT2D eigenvalue weighted by Gasteiger charge is -2.32. The van der Waals surface area contributed by atoms with Crippen molar-refractivity contribution in [1.29, 1.82) is 0 Å². The zero-order chi connectivity index (χ0) is 13.8. The Balaban J connectivity index is 1.97. The lowest BCUT2D eigenvalue weighted by atomic mass is 10.00. The summed E-state index contributed by atoms with van der Waals surface area (Å²) >= 11 is 6.03. The number of halogens is 1. The molecule has 0 radical (unpaired) electrons. The second-order valence-electron chi connectivity index (χ2n) is 5.22. The molecule has 19 heavy (non-hydrogen) atoms. The molecule has 1 aromatic rings. The van der Waals surface area contributed by atoms with Crippen molar-refractivity contribution in [1.82, 2.24) is 4.90 Å². The van der Waals surface area contributed by atoms with E-state index in [2.05, 4.69) is 6.92 Å². The van der Waals surface area contributed by atoms with E-state index in [-0.39, 0.29) is 5.91 Å². The van der Waals surface area contributed by atoms with E-state index in [9.17, 15) is 4.79 Å². The Labute approximate surface area is 119 Å². The Bertz CT molecular complexity index is 450. The first-order chi connectivity index (χ1) is 9.08. The number of carbonyl (C=O) groups is 1. The minimum absolute atomic E-state index is 0.0477. The average Bonchev–Trinajstić information content (AvgIpc) is 2.40. The fraction of sp³-hybridized carbons (Fsp3) is 0.533. The monoisotopic (exact) mass is 281 g/mol. The molecule has 1 heterocycles. The summed E-state index contributed by atoms with van der Waals surface area (Å²) in [5, 5.41) is 0.536. The number of carbonyl (C=O) groups excluding carboxylic acids is 1. The van der Waals surface area contributed by atoms with Gasteiger partial charge in [-0.25, -0.2) is 0 Å². The van der Waals surface area contributed by atoms with Crippen molar-refractivity contribution in [3.8, 4) is 5.75 Å². The normalized spacial score (nSPS) is 21.0. The molecule has 4 heteroatoms. The highest BCUT2D eigenvalue weighted by molar-refractivity contribution is 6.32. The number of rotatable bonds is 3. The van der Waals surface area contributed by atoms with Gasteiger partial charge < -0.3 is 9.64 Å². The maximum absolute atomic E-state index is 12.3. The van der Waals surface area contributed by atoms with Gasteiger partial charge in [0.2, 0.25) is 0 Å². The van der Waals surface area contributed by atoms with Crippen molar-refractivity contribution in [2.24, 2.45) is 5.92 Å². The van der Waals surface area contributed by atoms with Crippen LogP contribution in [0.25, 0.3) is 0 Å². The summed E-state index contributed by atoms with van der Waals surface area (Å²) in [6.07, 6.45) is 1.78. The molecule has 104 valence electrons. The minimum Gasteiger partial charge on any atom is -0.479 e. The molecule has 2 unspecified atom stereocenters. The zero-order valence-electron chi connectivity index (χ0n) is 11.4. The highest BCUT2D eigenvalue weighted by Gasteiger charge is 2.26. The van der Waals surface area contributed by atoms with E-state index >= 15 is 0 Å². The van der Waals surface area contributed by atoms with Crippen LogP contribution in [0, 0.1) is 5.92 Å². The van der Waals surface area contributed by atoms with Crippen molar-refractivity contribution in [2.75, 3.05) is 13.1 Å². The molecule has 0 aliphatic carbocycles. The predicted octanol–water partition coefficient (Wildman–Crippen LogP) is 3.37. The van der Waals surface area contributed by atoms with Crippen molar-refractivity contribution >= 4 is 17.5 Å². The number of nitrogens with zero attached hydrogens (tertiary/aromatic N) is 1. The Morgan fingerprint density at radius 3 is 2.89 bits per heavy atom. The lowest BCUT2D eigenvalue weighted by molar-refractivity contribution is -0.139. The second kappa shape index (κ2) is 6.29. The van der Waals surface area contributed by atoms with E-state index in [1.807, 2.05) is 17.0 Å². The SMILES string of the molecule is CC1CCCN(C(=O)C(C)Oc2ccccc2Cl)C1. The molecular weight excluding hydrogens is 262 g/mol. The van der Waals surface area contributed by atoms with Gasteiger partial charge in [-0.2, -0.15) is 0 Å². The van der Waals surface area contributed by atoms with Gasteiger partial charge in [0.05, 0.1) is 5.02 Å². The van der Waals surface area contributed by atoms with Crippen LogP contribution in [-0.4, -0.2) is 30.0 Å². The molecular formula is C15H20ClNO2. The van der Waals surface area contributed by atoms with E-state index in [1.165, 1.54) is 6.42 Å². The largest absolute Gasteiger partial charge is 0.479 e. The van der Waals surface area contributed by atoms with Crippen LogP contribution >= 0.6 is 11.6 Å². The van der Waals surface area contributed by atoms with E-state index < -0.39 is 6.10 Å². The number of amides is 1. The quantitative estimate of drug-likeness (QED) is 0.850. The number of para-hydroxylation sites is 1. The summed E-state index contributed by atoms with van der Waals surface area (Å²) in [5.74, 6) is 1.19. The fourth-order valence-electron chi connectivity index (χ4n) is 2.43. The Morgan fingerprint density at radius 2 is 2.21 bits per heavy atom. The van der Waals surface area contributed by atoms with Crippen molar-refractivity contribution in [3.63, 3.8) is 0 Å². The number of hydrogen-bond acceptors (Lipinski definition) is 2. The first kappa shape index (κ1) is 14.2. The standard InChI is InChI=1S/C15H20ClNO2/c1-11-6-5-9-17(10-11)15(18)12(2)19-14-8-4-3-7-13(14)16/h3-4,7-8,11-12H,5-6,9-10H2,1-2H3. The highest BCUT2D eigenvalue weighted by atomic mass is 35.5. The molecule has 0 N–H and O–H groups in total. The highest BCUT2D eigenvalue weighted by Crippen LogP contribution is 2.25. The predicted molar refractivity (Wildman–Crippen MR) is 76.5 cm³/mol. The van der Waals surface area contributed by atoms with Crippen molar-refractivity contribution in [2.45, 2.75) is 32.8 Å². The summed E-state index contributed by atoms with van der Waals surface area (Å²) in [6.45, 7) is 5.62. The van der Waals surface area contributed by atoms with Gasteiger partial charge in [0, 0.05) is 13.1 Å². The van der Waals surface area contributed by atoms with Crippen LogP contribution in [0.3, 0.4) is 0 Å². The van der Waals surface area contributed by atoms with Crippen LogP contribution < -0.4 is 4.74 Å². The van der Waals surface area contributed by atoms with Gasteiger partial charge in [-0.15, -0.1) is 0 Å². The van der Waals surface area contributed by atoms with E-state index in [4.69, 9.17) is 16.3 Å². The van der Waals surface area contributed by atoms with Gasteiger partial charge in [-0.05, 0) is 37.8 Å². The molecule has 2 atom stereocenters.